The molecule has 1 heterocycles. The molecule has 2 atom stereocenters. The number of nitrogens with one attached hydrogen (secondary N) is 1. The maximum atomic E-state index is 11.4. The van der Waals surface area contributed by atoms with E-state index in [1.54, 1.807) is 18.2 Å². The van der Waals surface area contributed by atoms with E-state index < -0.39 is 0 Å². The van der Waals surface area contributed by atoms with Gasteiger partial charge in [0.15, 0.2) is 0 Å². The minimum Gasteiger partial charge on any atom is -0.488 e. The Morgan fingerprint density at radius 3 is 3.00 bits per heavy atom. The summed E-state index contributed by atoms with van der Waals surface area (Å²) in [5.41, 5.74) is 0. The average Bonchev–Trinajstić information content (AvgIpc) is 2.80. The van der Waals surface area contributed by atoms with E-state index in [2.05, 4.69) is 26.0 Å². The standard InChI is InChI=1S/C12H13BrClNO3/c1-17-12(16)10-5-8(6-15-10)18-11-3-2-7(14)4-9(11)13/h2-4,8,10,15H,5-6H2,1H3/t8-,10-/m0/s1. The Morgan fingerprint density at radius 1 is 1.56 bits per heavy atom. The van der Waals surface area contributed by atoms with E-state index in [0.717, 1.165) is 10.2 Å². The molecule has 0 unspecified atom stereocenters. The minimum absolute atomic E-state index is 0.0495. The van der Waals surface area contributed by atoms with Gasteiger partial charge in [0, 0.05) is 18.0 Å². The highest BCUT2D eigenvalue weighted by Crippen LogP contribution is 2.29. The number of ether oxygens (including phenoxy) is 2. The maximum Gasteiger partial charge on any atom is 0.323 e. The van der Waals surface area contributed by atoms with Gasteiger partial charge in [-0.3, -0.25) is 4.79 Å². The van der Waals surface area contributed by atoms with Crippen molar-refractivity contribution in [3.8, 4) is 5.75 Å². The Hall–Kier alpha value is -0.780. The molecule has 98 valence electrons. The molecular formula is C12H13BrClNO3. The van der Waals surface area contributed by atoms with E-state index in [-0.39, 0.29) is 18.1 Å². The van der Waals surface area contributed by atoms with Crippen LogP contribution in [0.3, 0.4) is 0 Å². The van der Waals surface area contributed by atoms with Crippen LogP contribution in [0.2, 0.25) is 5.02 Å². The molecule has 1 aliphatic rings. The second kappa shape index (κ2) is 5.91. The summed E-state index contributed by atoms with van der Waals surface area (Å²) < 4.78 is 11.3. The van der Waals surface area contributed by atoms with Crippen LogP contribution in [-0.4, -0.2) is 31.8 Å². The van der Waals surface area contributed by atoms with Crippen LogP contribution in [0.25, 0.3) is 0 Å². The largest absolute Gasteiger partial charge is 0.488 e. The smallest absolute Gasteiger partial charge is 0.323 e. The highest BCUT2D eigenvalue weighted by Gasteiger charge is 2.31. The zero-order valence-electron chi connectivity index (χ0n) is 9.78. The molecule has 6 heteroatoms. The maximum absolute atomic E-state index is 11.4. The van der Waals surface area contributed by atoms with Gasteiger partial charge in [-0.25, -0.2) is 0 Å². The quantitative estimate of drug-likeness (QED) is 0.862. The molecule has 2 rings (SSSR count). The van der Waals surface area contributed by atoms with Crippen molar-refractivity contribution in [1.29, 1.82) is 0 Å². The zero-order valence-corrected chi connectivity index (χ0v) is 12.1. The number of carbonyl (C=O) groups is 1. The predicted octanol–water partition coefficient (Wildman–Crippen LogP) is 2.38. The lowest BCUT2D eigenvalue weighted by Crippen LogP contribution is -2.31. The Labute approximate surface area is 119 Å². The van der Waals surface area contributed by atoms with Crippen molar-refractivity contribution in [3.63, 3.8) is 0 Å². The molecule has 0 aromatic heterocycles. The Bertz CT molecular complexity index is 455. The topological polar surface area (TPSA) is 47.6 Å². The molecule has 0 amide bonds. The Balaban J connectivity index is 1.97. The second-order valence-electron chi connectivity index (χ2n) is 4.03. The van der Waals surface area contributed by atoms with Gasteiger partial charge in [-0.15, -0.1) is 0 Å². The summed E-state index contributed by atoms with van der Waals surface area (Å²) >= 11 is 9.25. The van der Waals surface area contributed by atoms with Gasteiger partial charge >= 0.3 is 5.97 Å². The third-order valence-electron chi connectivity index (χ3n) is 2.76. The van der Waals surface area contributed by atoms with Crippen molar-refractivity contribution in [3.05, 3.63) is 27.7 Å². The first-order valence-electron chi connectivity index (χ1n) is 5.53. The van der Waals surface area contributed by atoms with Gasteiger partial charge in [-0.05, 0) is 34.1 Å². The van der Waals surface area contributed by atoms with Gasteiger partial charge in [0.1, 0.15) is 17.9 Å². The summed E-state index contributed by atoms with van der Waals surface area (Å²) in [6, 6.07) is 5.06. The highest BCUT2D eigenvalue weighted by molar-refractivity contribution is 9.10. The number of esters is 1. The Morgan fingerprint density at radius 2 is 2.33 bits per heavy atom. The molecule has 1 saturated heterocycles. The van der Waals surface area contributed by atoms with Gasteiger partial charge in [0.2, 0.25) is 0 Å². The first-order valence-corrected chi connectivity index (χ1v) is 6.70. The van der Waals surface area contributed by atoms with Crippen LogP contribution in [0.1, 0.15) is 6.42 Å². The molecule has 0 radical (unpaired) electrons. The van der Waals surface area contributed by atoms with Crippen molar-refractivity contribution in [2.45, 2.75) is 18.6 Å². The SMILES string of the molecule is COC(=O)[C@@H]1C[C@H](Oc2ccc(Cl)cc2Br)CN1. The van der Waals surface area contributed by atoms with Crippen LogP contribution < -0.4 is 10.1 Å². The highest BCUT2D eigenvalue weighted by atomic mass is 79.9. The summed E-state index contributed by atoms with van der Waals surface area (Å²) in [6.45, 7) is 0.620. The van der Waals surface area contributed by atoms with E-state index in [4.69, 9.17) is 16.3 Å². The van der Waals surface area contributed by atoms with Crippen molar-refractivity contribution < 1.29 is 14.3 Å². The predicted molar refractivity (Wildman–Crippen MR) is 72.0 cm³/mol. The lowest BCUT2D eigenvalue weighted by molar-refractivity contribution is -0.142. The molecule has 0 saturated carbocycles. The number of hydrogen-bond donors (Lipinski definition) is 1. The van der Waals surface area contributed by atoms with E-state index in [1.165, 1.54) is 7.11 Å². The molecule has 4 nitrogen and oxygen atoms in total. The summed E-state index contributed by atoms with van der Waals surface area (Å²) in [5, 5.41) is 3.71. The normalized spacial score (nSPS) is 22.8. The van der Waals surface area contributed by atoms with Crippen molar-refractivity contribution in [1.82, 2.24) is 5.32 Å². The molecular weight excluding hydrogens is 321 g/mol. The molecule has 1 aromatic carbocycles. The van der Waals surface area contributed by atoms with Crippen molar-refractivity contribution >= 4 is 33.5 Å². The second-order valence-corrected chi connectivity index (χ2v) is 5.33. The van der Waals surface area contributed by atoms with E-state index in [1.807, 2.05) is 0 Å². The average molecular weight is 335 g/mol. The van der Waals surface area contributed by atoms with Gasteiger partial charge in [0.25, 0.3) is 0 Å². The third kappa shape index (κ3) is 3.16. The third-order valence-corrected chi connectivity index (χ3v) is 3.62. The van der Waals surface area contributed by atoms with Crippen LogP contribution in [-0.2, 0) is 9.53 Å². The lowest BCUT2D eigenvalue weighted by atomic mass is 10.2. The summed E-state index contributed by atoms with van der Waals surface area (Å²) in [7, 11) is 1.38. The lowest BCUT2D eigenvalue weighted by Gasteiger charge is -2.14. The first-order chi connectivity index (χ1) is 8.60. The monoisotopic (exact) mass is 333 g/mol. The van der Waals surface area contributed by atoms with Crippen LogP contribution in [0.5, 0.6) is 5.75 Å². The molecule has 1 N–H and O–H groups in total. The molecule has 0 spiro atoms. The fraction of sp³-hybridized carbons (Fsp3) is 0.417. The molecule has 1 aliphatic heterocycles. The summed E-state index contributed by atoms with van der Waals surface area (Å²) in [6.07, 6.45) is 0.549. The minimum atomic E-state index is -0.286. The molecule has 18 heavy (non-hydrogen) atoms. The van der Waals surface area contributed by atoms with Crippen LogP contribution in [0.4, 0.5) is 0 Å². The molecule has 1 fully saturated rings. The van der Waals surface area contributed by atoms with E-state index >= 15 is 0 Å². The Kier molecular flexibility index (Phi) is 4.48. The van der Waals surface area contributed by atoms with Gasteiger partial charge < -0.3 is 14.8 Å². The van der Waals surface area contributed by atoms with E-state index in [9.17, 15) is 4.79 Å². The number of halogens is 2. The zero-order chi connectivity index (χ0) is 13.1. The fourth-order valence-corrected chi connectivity index (χ4v) is 2.64. The first kappa shape index (κ1) is 13.6. The number of benzene rings is 1. The molecule has 0 bridgehead atoms. The summed E-state index contributed by atoms with van der Waals surface area (Å²) in [4.78, 5) is 11.4. The molecule has 1 aromatic rings. The van der Waals surface area contributed by atoms with Gasteiger partial charge in [0.05, 0.1) is 11.6 Å². The van der Waals surface area contributed by atoms with Gasteiger partial charge in [-0.1, -0.05) is 11.6 Å². The van der Waals surface area contributed by atoms with Crippen molar-refractivity contribution in [2.75, 3.05) is 13.7 Å². The van der Waals surface area contributed by atoms with Crippen molar-refractivity contribution in [2.24, 2.45) is 0 Å². The molecule has 0 aliphatic carbocycles. The number of rotatable bonds is 3. The van der Waals surface area contributed by atoms with Crippen LogP contribution in [0.15, 0.2) is 22.7 Å². The van der Waals surface area contributed by atoms with Gasteiger partial charge in [-0.2, -0.15) is 0 Å². The van der Waals surface area contributed by atoms with Crippen LogP contribution >= 0.6 is 27.5 Å². The van der Waals surface area contributed by atoms with Crippen LogP contribution in [0, 0.1) is 0 Å². The van der Waals surface area contributed by atoms with E-state index in [0.29, 0.717) is 18.0 Å². The number of hydrogen-bond acceptors (Lipinski definition) is 4. The fourth-order valence-electron chi connectivity index (χ4n) is 1.87. The number of methoxy groups -OCH3 is 1. The number of carbonyl (C=O) groups excluding carboxylic acids is 1. The summed E-state index contributed by atoms with van der Waals surface area (Å²) in [5.74, 6) is 0.466.